The smallest absolute Gasteiger partial charge is 0.228 e. The van der Waals surface area contributed by atoms with Crippen LogP contribution in [0.3, 0.4) is 0 Å². The molecular formula is C16H18N2OS. The molecular weight excluding hydrogens is 268 g/mol. The Morgan fingerprint density at radius 1 is 1.30 bits per heavy atom. The van der Waals surface area contributed by atoms with Crippen LogP contribution in [0.1, 0.15) is 21.9 Å². The van der Waals surface area contributed by atoms with Gasteiger partial charge >= 0.3 is 0 Å². The van der Waals surface area contributed by atoms with Crippen molar-refractivity contribution >= 4 is 17.2 Å². The molecule has 0 bridgehead atoms. The number of fused-ring (bicyclic) bond motifs is 1. The average molecular weight is 286 g/mol. The van der Waals surface area contributed by atoms with Gasteiger partial charge in [-0.05, 0) is 29.0 Å². The van der Waals surface area contributed by atoms with Crippen LogP contribution in [0, 0.1) is 0 Å². The molecule has 1 unspecified atom stereocenters. The molecule has 2 aromatic rings. The number of thiophene rings is 1. The Morgan fingerprint density at radius 3 is 3.05 bits per heavy atom. The van der Waals surface area contributed by atoms with Crippen LogP contribution >= 0.6 is 11.3 Å². The predicted molar refractivity (Wildman–Crippen MR) is 81.9 cm³/mol. The fourth-order valence-corrected chi connectivity index (χ4v) is 3.33. The van der Waals surface area contributed by atoms with E-state index in [1.807, 2.05) is 18.2 Å². The molecule has 0 spiro atoms. The first kappa shape index (κ1) is 13.3. The van der Waals surface area contributed by atoms with Crippen molar-refractivity contribution in [1.29, 1.82) is 0 Å². The minimum absolute atomic E-state index is 0.0664. The molecule has 1 aliphatic heterocycles. The summed E-state index contributed by atoms with van der Waals surface area (Å²) < 4.78 is 0. The van der Waals surface area contributed by atoms with Crippen LogP contribution in [-0.4, -0.2) is 19.0 Å². The molecule has 1 aromatic heterocycles. The SMILES string of the molecule is O=C(NCCc1cccs1)C1CNCc2ccccc21. The van der Waals surface area contributed by atoms with Gasteiger partial charge in [-0.15, -0.1) is 11.3 Å². The van der Waals surface area contributed by atoms with Crippen molar-refractivity contribution in [3.05, 3.63) is 57.8 Å². The quantitative estimate of drug-likeness (QED) is 0.905. The molecule has 4 heteroatoms. The summed E-state index contributed by atoms with van der Waals surface area (Å²) >= 11 is 1.74. The van der Waals surface area contributed by atoms with Gasteiger partial charge in [0.05, 0.1) is 5.92 Å². The van der Waals surface area contributed by atoms with Gasteiger partial charge in [0.25, 0.3) is 0 Å². The summed E-state index contributed by atoms with van der Waals surface area (Å²) in [6.07, 6.45) is 0.908. The molecule has 0 saturated heterocycles. The number of rotatable bonds is 4. The van der Waals surface area contributed by atoms with Gasteiger partial charge in [-0.3, -0.25) is 4.79 Å². The Labute approximate surface area is 123 Å². The van der Waals surface area contributed by atoms with Gasteiger partial charge in [0.1, 0.15) is 0 Å². The number of carbonyl (C=O) groups is 1. The summed E-state index contributed by atoms with van der Waals surface area (Å²) in [5, 5.41) is 8.44. The number of amides is 1. The maximum atomic E-state index is 12.3. The maximum absolute atomic E-state index is 12.3. The third kappa shape index (κ3) is 2.92. The molecule has 2 N–H and O–H groups in total. The van der Waals surface area contributed by atoms with E-state index in [0.717, 1.165) is 19.5 Å². The highest BCUT2D eigenvalue weighted by Gasteiger charge is 2.25. The van der Waals surface area contributed by atoms with Crippen molar-refractivity contribution in [2.75, 3.05) is 13.1 Å². The van der Waals surface area contributed by atoms with Crippen LogP contribution in [0.15, 0.2) is 41.8 Å². The van der Waals surface area contributed by atoms with Crippen LogP contribution in [-0.2, 0) is 17.8 Å². The Morgan fingerprint density at radius 2 is 2.20 bits per heavy atom. The van der Waals surface area contributed by atoms with E-state index in [4.69, 9.17) is 0 Å². The molecule has 0 aliphatic carbocycles. The molecule has 3 rings (SSSR count). The zero-order valence-corrected chi connectivity index (χ0v) is 12.1. The maximum Gasteiger partial charge on any atom is 0.228 e. The predicted octanol–water partition coefficient (Wildman–Crippen LogP) is 2.29. The van der Waals surface area contributed by atoms with Crippen LogP contribution in [0.4, 0.5) is 0 Å². The lowest BCUT2D eigenvalue weighted by Gasteiger charge is -2.25. The third-order valence-corrected chi connectivity index (χ3v) is 4.60. The lowest BCUT2D eigenvalue weighted by atomic mass is 9.90. The van der Waals surface area contributed by atoms with Crippen molar-refractivity contribution in [3.63, 3.8) is 0 Å². The van der Waals surface area contributed by atoms with E-state index in [2.05, 4.69) is 34.2 Å². The highest BCUT2D eigenvalue weighted by molar-refractivity contribution is 7.09. The molecule has 1 amide bonds. The zero-order chi connectivity index (χ0) is 13.8. The molecule has 2 heterocycles. The van der Waals surface area contributed by atoms with Gasteiger partial charge in [-0.1, -0.05) is 30.3 Å². The first-order valence-electron chi connectivity index (χ1n) is 6.93. The Kier molecular flexibility index (Phi) is 4.14. The normalized spacial score (nSPS) is 17.5. The standard InChI is InChI=1S/C16H18N2OS/c19-16(18-8-7-13-5-3-9-20-13)15-11-17-10-12-4-1-2-6-14(12)15/h1-6,9,15,17H,7-8,10-11H2,(H,18,19). The molecule has 20 heavy (non-hydrogen) atoms. The van der Waals surface area contributed by atoms with Gasteiger partial charge < -0.3 is 10.6 Å². The van der Waals surface area contributed by atoms with Gasteiger partial charge in [0.2, 0.25) is 5.91 Å². The van der Waals surface area contributed by atoms with Crippen LogP contribution < -0.4 is 10.6 Å². The number of benzene rings is 1. The van der Waals surface area contributed by atoms with Gasteiger partial charge in [-0.25, -0.2) is 0 Å². The molecule has 0 saturated carbocycles. The van der Waals surface area contributed by atoms with E-state index < -0.39 is 0 Å². The Hall–Kier alpha value is -1.65. The molecule has 104 valence electrons. The lowest BCUT2D eigenvalue weighted by Crippen LogP contribution is -2.39. The highest BCUT2D eigenvalue weighted by atomic mass is 32.1. The summed E-state index contributed by atoms with van der Waals surface area (Å²) in [4.78, 5) is 13.7. The highest BCUT2D eigenvalue weighted by Crippen LogP contribution is 2.23. The first-order valence-corrected chi connectivity index (χ1v) is 7.81. The molecule has 1 aliphatic rings. The van der Waals surface area contributed by atoms with Gasteiger partial charge in [0.15, 0.2) is 0 Å². The fourth-order valence-electron chi connectivity index (χ4n) is 2.62. The molecule has 1 aromatic carbocycles. The zero-order valence-electron chi connectivity index (χ0n) is 11.3. The van der Waals surface area contributed by atoms with E-state index >= 15 is 0 Å². The lowest BCUT2D eigenvalue weighted by molar-refractivity contribution is -0.122. The van der Waals surface area contributed by atoms with E-state index in [1.165, 1.54) is 16.0 Å². The Bertz CT molecular complexity index is 580. The largest absolute Gasteiger partial charge is 0.355 e. The molecule has 0 fully saturated rings. The van der Waals surface area contributed by atoms with Crippen molar-refractivity contribution in [1.82, 2.24) is 10.6 Å². The van der Waals surface area contributed by atoms with Crippen LogP contribution in [0.5, 0.6) is 0 Å². The van der Waals surface area contributed by atoms with Gasteiger partial charge in [-0.2, -0.15) is 0 Å². The summed E-state index contributed by atoms with van der Waals surface area (Å²) in [6.45, 7) is 2.29. The summed E-state index contributed by atoms with van der Waals surface area (Å²) in [6, 6.07) is 12.3. The monoisotopic (exact) mass is 286 g/mol. The van der Waals surface area contributed by atoms with Crippen LogP contribution in [0.25, 0.3) is 0 Å². The fraction of sp³-hybridized carbons (Fsp3) is 0.312. The minimum Gasteiger partial charge on any atom is -0.355 e. The second-order valence-electron chi connectivity index (χ2n) is 5.00. The first-order chi connectivity index (χ1) is 9.84. The second kappa shape index (κ2) is 6.20. The summed E-state index contributed by atoms with van der Waals surface area (Å²) in [5.74, 6) is 0.0597. The van der Waals surface area contributed by atoms with Gasteiger partial charge in [0, 0.05) is 24.5 Å². The third-order valence-electron chi connectivity index (χ3n) is 3.66. The van der Waals surface area contributed by atoms with Crippen molar-refractivity contribution in [2.45, 2.75) is 18.9 Å². The van der Waals surface area contributed by atoms with Crippen LogP contribution in [0.2, 0.25) is 0 Å². The number of nitrogens with one attached hydrogen (secondary N) is 2. The van der Waals surface area contributed by atoms with E-state index in [0.29, 0.717) is 6.54 Å². The van der Waals surface area contributed by atoms with E-state index in [1.54, 1.807) is 11.3 Å². The number of hydrogen-bond acceptors (Lipinski definition) is 3. The number of hydrogen-bond donors (Lipinski definition) is 2. The second-order valence-corrected chi connectivity index (χ2v) is 6.03. The molecule has 1 atom stereocenters. The molecule has 3 nitrogen and oxygen atoms in total. The van der Waals surface area contributed by atoms with Crippen molar-refractivity contribution < 1.29 is 4.79 Å². The molecule has 0 radical (unpaired) electrons. The van der Waals surface area contributed by atoms with E-state index in [-0.39, 0.29) is 11.8 Å². The number of carbonyl (C=O) groups excluding carboxylic acids is 1. The Balaban J connectivity index is 1.60. The summed E-state index contributed by atoms with van der Waals surface area (Å²) in [5.41, 5.74) is 2.40. The van der Waals surface area contributed by atoms with Crippen molar-refractivity contribution in [3.8, 4) is 0 Å². The topological polar surface area (TPSA) is 41.1 Å². The van der Waals surface area contributed by atoms with Crippen molar-refractivity contribution in [2.24, 2.45) is 0 Å². The average Bonchev–Trinajstić information content (AvgIpc) is 3.00. The van der Waals surface area contributed by atoms with E-state index in [9.17, 15) is 4.79 Å². The minimum atomic E-state index is -0.0664. The summed E-state index contributed by atoms with van der Waals surface area (Å²) in [7, 11) is 0.